The van der Waals surface area contributed by atoms with Crippen LogP contribution in [-0.4, -0.2) is 40.3 Å². The minimum absolute atomic E-state index is 0.0166. The number of nitrogens with zero attached hydrogens (tertiary/aromatic N) is 1. The Morgan fingerprint density at radius 3 is 2.51 bits per heavy atom. The number of benzene rings is 1. The minimum atomic E-state index is -0.842. The standard InChI is InChI=1S/C31H38F2N4O2/c1-4-19(3)29(34)21-11-13-27(36-16-21)37-22-12-8-18(2)14-23(15-22)39-17-24(31(38)20-9-10-20)30(35)28-25(32)6-5-7-26(28)33/h5-7,11,13,16,19-20,22-23,34-35,38H,2,4,8-10,12,14-15,17H2,1,3H3,(H,36,37)/b31-24-,34-29?,35-30?/t19-,22?,23?/m1/s1. The third kappa shape index (κ3) is 7.18. The molecule has 8 heteroatoms. The largest absolute Gasteiger partial charge is 0.512 e. The number of anilines is 1. The molecule has 2 aromatic rings. The fraction of sp³-hybridized carbons (Fsp3) is 0.452. The van der Waals surface area contributed by atoms with Gasteiger partial charge in [0.25, 0.3) is 0 Å². The molecule has 2 saturated carbocycles. The molecule has 2 fully saturated rings. The molecule has 1 aromatic carbocycles. The molecule has 2 aliphatic rings. The van der Waals surface area contributed by atoms with Gasteiger partial charge in [0.2, 0.25) is 0 Å². The molecule has 6 nitrogen and oxygen atoms in total. The van der Waals surface area contributed by atoms with Gasteiger partial charge in [-0.1, -0.05) is 32.1 Å². The van der Waals surface area contributed by atoms with Crippen LogP contribution in [0.25, 0.3) is 0 Å². The second-order valence-corrected chi connectivity index (χ2v) is 10.8. The molecule has 0 amide bonds. The van der Waals surface area contributed by atoms with E-state index < -0.39 is 17.2 Å². The molecule has 208 valence electrons. The van der Waals surface area contributed by atoms with E-state index in [1.165, 1.54) is 6.07 Å². The zero-order chi connectivity index (χ0) is 28.1. The summed E-state index contributed by atoms with van der Waals surface area (Å²) < 4.78 is 35.1. The summed E-state index contributed by atoms with van der Waals surface area (Å²) in [7, 11) is 0. The first kappa shape index (κ1) is 28.6. The van der Waals surface area contributed by atoms with Gasteiger partial charge in [0.1, 0.15) is 23.2 Å². The quantitative estimate of drug-likeness (QED) is 0.104. The van der Waals surface area contributed by atoms with Crippen LogP contribution in [0.2, 0.25) is 0 Å². The van der Waals surface area contributed by atoms with Crippen molar-refractivity contribution in [1.82, 2.24) is 4.98 Å². The number of hydrogen-bond acceptors (Lipinski definition) is 6. The molecule has 1 aromatic heterocycles. The number of allylic oxidation sites excluding steroid dienone is 1. The Balaban J connectivity index is 1.45. The molecule has 0 saturated heterocycles. The Kier molecular flexibility index (Phi) is 9.28. The summed E-state index contributed by atoms with van der Waals surface area (Å²) in [6, 6.07) is 7.33. The maximum Gasteiger partial charge on any atom is 0.135 e. The van der Waals surface area contributed by atoms with E-state index in [-0.39, 0.29) is 47.6 Å². The lowest BCUT2D eigenvalue weighted by atomic mass is 9.97. The maximum absolute atomic E-state index is 14.5. The van der Waals surface area contributed by atoms with Gasteiger partial charge in [-0.05, 0) is 75.1 Å². The van der Waals surface area contributed by atoms with Crippen LogP contribution in [0.1, 0.15) is 69.9 Å². The van der Waals surface area contributed by atoms with Crippen molar-refractivity contribution in [2.24, 2.45) is 11.8 Å². The summed E-state index contributed by atoms with van der Waals surface area (Å²) in [5.41, 5.74) is 1.72. The van der Waals surface area contributed by atoms with Crippen molar-refractivity contribution in [1.29, 1.82) is 10.8 Å². The van der Waals surface area contributed by atoms with Gasteiger partial charge in [0, 0.05) is 35.0 Å². The van der Waals surface area contributed by atoms with E-state index in [1.807, 2.05) is 19.1 Å². The Labute approximate surface area is 229 Å². The van der Waals surface area contributed by atoms with Crippen LogP contribution in [0.3, 0.4) is 0 Å². The number of pyridine rings is 1. The van der Waals surface area contributed by atoms with Crippen LogP contribution in [0.15, 0.2) is 60.0 Å². The normalized spacial score (nSPS) is 21.1. The SMILES string of the molecule is C=C1CCC(Nc2ccc(C(=N)[C@H](C)CC)cn2)CC(OC/C(C(=N)c2c(F)cccc2F)=C(/O)C2CC2)C1. The highest BCUT2D eigenvalue weighted by molar-refractivity contribution is 6.11. The average Bonchev–Trinajstić information content (AvgIpc) is 3.77. The van der Waals surface area contributed by atoms with Crippen molar-refractivity contribution < 1.29 is 18.6 Å². The van der Waals surface area contributed by atoms with Crippen molar-refractivity contribution >= 4 is 17.2 Å². The zero-order valence-corrected chi connectivity index (χ0v) is 22.7. The summed E-state index contributed by atoms with van der Waals surface area (Å²) >= 11 is 0. The van der Waals surface area contributed by atoms with Gasteiger partial charge >= 0.3 is 0 Å². The number of nitrogens with one attached hydrogen (secondary N) is 3. The molecular weight excluding hydrogens is 498 g/mol. The molecular formula is C31H38F2N4O2. The van der Waals surface area contributed by atoms with E-state index in [0.717, 1.165) is 61.2 Å². The van der Waals surface area contributed by atoms with Gasteiger partial charge in [-0.2, -0.15) is 0 Å². The second kappa shape index (κ2) is 12.6. The van der Waals surface area contributed by atoms with Crippen molar-refractivity contribution in [2.45, 2.75) is 70.9 Å². The van der Waals surface area contributed by atoms with Gasteiger partial charge in [0.05, 0.1) is 24.0 Å². The number of hydrogen-bond donors (Lipinski definition) is 4. The Hall–Kier alpha value is -3.39. The lowest BCUT2D eigenvalue weighted by molar-refractivity contribution is 0.0633. The topological polar surface area (TPSA) is 102 Å². The molecule has 0 spiro atoms. The number of rotatable bonds is 11. The van der Waals surface area contributed by atoms with Crippen LogP contribution in [0.4, 0.5) is 14.6 Å². The Bertz CT molecular complexity index is 1230. The second-order valence-electron chi connectivity index (χ2n) is 10.8. The molecule has 3 atom stereocenters. The highest BCUT2D eigenvalue weighted by Crippen LogP contribution is 2.38. The molecule has 2 aliphatic carbocycles. The lowest BCUT2D eigenvalue weighted by Gasteiger charge is -2.23. The number of aromatic nitrogens is 1. The molecule has 4 N–H and O–H groups in total. The van der Waals surface area contributed by atoms with Crippen molar-refractivity contribution in [2.75, 3.05) is 11.9 Å². The van der Waals surface area contributed by atoms with Crippen LogP contribution in [0.5, 0.6) is 0 Å². The zero-order valence-electron chi connectivity index (χ0n) is 22.7. The molecule has 39 heavy (non-hydrogen) atoms. The average molecular weight is 537 g/mol. The molecule has 2 unspecified atom stereocenters. The Morgan fingerprint density at radius 2 is 1.90 bits per heavy atom. The van der Waals surface area contributed by atoms with E-state index in [4.69, 9.17) is 15.6 Å². The number of aliphatic hydroxyl groups is 1. The molecule has 4 rings (SSSR count). The highest BCUT2D eigenvalue weighted by Gasteiger charge is 2.32. The van der Waals surface area contributed by atoms with E-state index in [9.17, 15) is 13.9 Å². The number of ether oxygens (including phenoxy) is 1. The molecule has 0 radical (unpaired) electrons. The fourth-order valence-electron chi connectivity index (χ4n) is 4.88. The summed E-state index contributed by atoms with van der Waals surface area (Å²) in [6.45, 7) is 8.15. The maximum atomic E-state index is 14.5. The Morgan fingerprint density at radius 1 is 1.18 bits per heavy atom. The van der Waals surface area contributed by atoms with Crippen LogP contribution >= 0.6 is 0 Å². The van der Waals surface area contributed by atoms with Crippen LogP contribution in [0, 0.1) is 34.3 Å². The summed E-state index contributed by atoms with van der Waals surface area (Å²) in [4.78, 5) is 4.53. The molecule has 1 heterocycles. The van der Waals surface area contributed by atoms with E-state index in [0.29, 0.717) is 18.6 Å². The summed E-state index contributed by atoms with van der Waals surface area (Å²) in [6.07, 6.45) is 6.85. The fourth-order valence-corrected chi connectivity index (χ4v) is 4.88. The van der Waals surface area contributed by atoms with E-state index in [1.54, 1.807) is 6.20 Å². The molecule has 0 aliphatic heterocycles. The third-order valence-corrected chi connectivity index (χ3v) is 7.69. The first-order valence-electron chi connectivity index (χ1n) is 13.7. The summed E-state index contributed by atoms with van der Waals surface area (Å²) in [5.74, 6) is -0.913. The van der Waals surface area contributed by atoms with Crippen molar-refractivity contribution in [3.8, 4) is 0 Å². The highest BCUT2D eigenvalue weighted by atomic mass is 19.1. The lowest BCUT2D eigenvalue weighted by Crippen LogP contribution is -2.27. The first-order valence-corrected chi connectivity index (χ1v) is 13.7. The van der Waals surface area contributed by atoms with Gasteiger partial charge in [-0.25, -0.2) is 13.8 Å². The van der Waals surface area contributed by atoms with E-state index >= 15 is 0 Å². The van der Waals surface area contributed by atoms with Gasteiger partial charge < -0.3 is 20.6 Å². The third-order valence-electron chi connectivity index (χ3n) is 7.69. The minimum Gasteiger partial charge on any atom is -0.512 e. The molecule has 0 bridgehead atoms. The van der Waals surface area contributed by atoms with Crippen LogP contribution in [-0.2, 0) is 4.74 Å². The predicted octanol–water partition coefficient (Wildman–Crippen LogP) is 7.36. The van der Waals surface area contributed by atoms with Gasteiger partial charge in [-0.15, -0.1) is 0 Å². The van der Waals surface area contributed by atoms with Crippen LogP contribution < -0.4 is 5.32 Å². The smallest absolute Gasteiger partial charge is 0.135 e. The predicted molar refractivity (Wildman–Crippen MR) is 151 cm³/mol. The van der Waals surface area contributed by atoms with Gasteiger partial charge in [0.15, 0.2) is 0 Å². The summed E-state index contributed by atoms with van der Waals surface area (Å²) in [5, 5.41) is 31.2. The number of aliphatic hydroxyl groups excluding tert-OH is 1. The van der Waals surface area contributed by atoms with E-state index in [2.05, 4.69) is 23.8 Å². The monoisotopic (exact) mass is 536 g/mol. The van der Waals surface area contributed by atoms with Crippen molar-refractivity contribution in [3.05, 3.63) is 82.8 Å². The van der Waals surface area contributed by atoms with Gasteiger partial charge in [-0.3, -0.25) is 5.41 Å². The van der Waals surface area contributed by atoms with Crippen molar-refractivity contribution in [3.63, 3.8) is 0 Å². The number of halogens is 2. The first-order chi connectivity index (χ1) is 18.7.